The van der Waals surface area contributed by atoms with Crippen molar-refractivity contribution in [3.8, 4) is 5.69 Å². The Morgan fingerprint density at radius 1 is 1.23 bits per heavy atom. The van der Waals surface area contributed by atoms with E-state index in [9.17, 15) is 9.90 Å². The molecule has 0 bridgehead atoms. The van der Waals surface area contributed by atoms with Gasteiger partial charge in [0.05, 0.1) is 16.9 Å². The number of carbonyl (C=O) groups is 1. The van der Waals surface area contributed by atoms with Crippen LogP contribution in [-0.2, 0) is 6.42 Å². The number of carboxylic acid groups (broad SMARTS) is 1. The van der Waals surface area contributed by atoms with Gasteiger partial charge in [-0.15, -0.1) is 0 Å². The fourth-order valence-corrected chi connectivity index (χ4v) is 2.44. The lowest BCUT2D eigenvalue weighted by atomic mass is 10.1. The second-order valence-electron chi connectivity index (χ2n) is 5.04. The SMILES string of the molecule is Cc1cc(Cc2cnccc2C(=O)O)n(-c2ccccc2)n1. The topological polar surface area (TPSA) is 68.0 Å². The van der Waals surface area contributed by atoms with Crippen LogP contribution in [0.1, 0.15) is 27.3 Å². The van der Waals surface area contributed by atoms with E-state index in [0.717, 1.165) is 17.1 Å². The minimum atomic E-state index is -0.945. The Balaban J connectivity index is 2.03. The summed E-state index contributed by atoms with van der Waals surface area (Å²) in [4.78, 5) is 15.4. The third-order valence-corrected chi connectivity index (χ3v) is 3.41. The monoisotopic (exact) mass is 293 g/mol. The molecule has 0 aliphatic rings. The molecule has 5 nitrogen and oxygen atoms in total. The van der Waals surface area contributed by atoms with E-state index in [1.54, 1.807) is 6.20 Å². The molecule has 0 aliphatic carbocycles. The van der Waals surface area contributed by atoms with Crippen molar-refractivity contribution in [2.75, 3.05) is 0 Å². The molecule has 0 spiro atoms. The van der Waals surface area contributed by atoms with Gasteiger partial charge in [-0.25, -0.2) is 9.48 Å². The molecule has 0 radical (unpaired) electrons. The van der Waals surface area contributed by atoms with Crippen molar-refractivity contribution in [1.29, 1.82) is 0 Å². The summed E-state index contributed by atoms with van der Waals surface area (Å²) in [6, 6.07) is 13.3. The van der Waals surface area contributed by atoms with Gasteiger partial charge in [0.2, 0.25) is 0 Å². The number of carboxylic acids is 1. The second kappa shape index (κ2) is 5.81. The van der Waals surface area contributed by atoms with Crippen LogP contribution < -0.4 is 0 Å². The van der Waals surface area contributed by atoms with E-state index in [-0.39, 0.29) is 5.56 Å². The van der Waals surface area contributed by atoms with Gasteiger partial charge in [0.25, 0.3) is 0 Å². The number of hydrogen-bond donors (Lipinski definition) is 1. The maximum absolute atomic E-state index is 11.3. The molecule has 110 valence electrons. The molecule has 0 saturated carbocycles. The summed E-state index contributed by atoms with van der Waals surface area (Å²) in [5.41, 5.74) is 3.71. The first kappa shape index (κ1) is 14.0. The number of rotatable bonds is 4. The van der Waals surface area contributed by atoms with E-state index >= 15 is 0 Å². The Morgan fingerprint density at radius 3 is 2.73 bits per heavy atom. The highest BCUT2D eigenvalue weighted by atomic mass is 16.4. The third kappa shape index (κ3) is 2.74. The number of aryl methyl sites for hydroxylation is 1. The molecule has 0 amide bonds. The number of benzene rings is 1. The van der Waals surface area contributed by atoms with E-state index in [0.29, 0.717) is 12.0 Å². The smallest absolute Gasteiger partial charge is 0.336 e. The molecule has 5 heteroatoms. The molecule has 1 N–H and O–H groups in total. The Kier molecular flexibility index (Phi) is 3.70. The Labute approximate surface area is 127 Å². The third-order valence-electron chi connectivity index (χ3n) is 3.41. The summed E-state index contributed by atoms with van der Waals surface area (Å²) >= 11 is 0. The first-order valence-electron chi connectivity index (χ1n) is 6.92. The molecule has 3 aromatic rings. The van der Waals surface area contributed by atoms with Crippen LogP contribution in [0.25, 0.3) is 5.69 Å². The average molecular weight is 293 g/mol. The standard InChI is InChI=1S/C17H15N3O2/c1-12-9-15(20(19-12)14-5-3-2-4-6-14)10-13-11-18-8-7-16(13)17(21)22/h2-9,11H,10H2,1H3,(H,21,22). The quantitative estimate of drug-likeness (QED) is 0.803. The first-order valence-corrected chi connectivity index (χ1v) is 6.92. The van der Waals surface area contributed by atoms with Crippen molar-refractivity contribution in [3.63, 3.8) is 0 Å². The van der Waals surface area contributed by atoms with Crippen molar-refractivity contribution < 1.29 is 9.90 Å². The van der Waals surface area contributed by atoms with Crippen molar-refractivity contribution in [2.45, 2.75) is 13.3 Å². The number of aromatic nitrogens is 3. The zero-order chi connectivity index (χ0) is 15.5. The van der Waals surface area contributed by atoms with Crippen LogP contribution in [-0.4, -0.2) is 25.8 Å². The number of aromatic carboxylic acids is 1. The molecule has 0 aliphatic heterocycles. The van der Waals surface area contributed by atoms with Crippen LogP contribution in [0.3, 0.4) is 0 Å². The number of nitrogens with zero attached hydrogens (tertiary/aromatic N) is 3. The predicted octanol–water partition coefficient (Wildman–Crippen LogP) is 2.86. The number of pyridine rings is 1. The van der Waals surface area contributed by atoms with Gasteiger partial charge < -0.3 is 5.11 Å². The van der Waals surface area contributed by atoms with Gasteiger partial charge in [0.15, 0.2) is 0 Å². The zero-order valence-electron chi connectivity index (χ0n) is 12.1. The fraction of sp³-hybridized carbons (Fsp3) is 0.118. The average Bonchev–Trinajstić information content (AvgIpc) is 2.89. The van der Waals surface area contributed by atoms with Crippen molar-refractivity contribution in [3.05, 3.63) is 77.4 Å². The Morgan fingerprint density at radius 2 is 2.00 bits per heavy atom. The molecular weight excluding hydrogens is 278 g/mol. The van der Waals surface area contributed by atoms with Crippen LogP contribution in [0, 0.1) is 6.92 Å². The van der Waals surface area contributed by atoms with Gasteiger partial charge in [-0.05, 0) is 36.8 Å². The molecule has 22 heavy (non-hydrogen) atoms. The Hall–Kier alpha value is -2.95. The molecule has 0 atom stereocenters. The maximum Gasteiger partial charge on any atom is 0.336 e. The highest BCUT2D eigenvalue weighted by molar-refractivity contribution is 5.89. The molecule has 1 aromatic carbocycles. The largest absolute Gasteiger partial charge is 0.478 e. The molecule has 0 unspecified atom stereocenters. The minimum Gasteiger partial charge on any atom is -0.478 e. The van der Waals surface area contributed by atoms with Crippen LogP contribution in [0.15, 0.2) is 54.9 Å². The Bertz CT molecular complexity index is 810. The van der Waals surface area contributed by atoms with Crippen molar-refractivity contribution in [2.24, 2.45) is 0 Å². The lowest BCUT2D eigenvalue weighted by Crippen LogP contribution is -2.07. The number of para-hydroxylation sites is 1. The lowest BCUT2D eigenvalue weighted by Gasteiger charge is -2.09. The highest BCUT2D eigenvalue weighted by Gasteiger charge is 2.14. The lowest BCUT2D eigenvalue weighted by molar-refractivity contribution is 0.0695. The van der Waals surface area contributed by atoms with E-state index in [1.165, 1.54) is 12.3 Å². The van der Waals surface area contributed by atoms with Gasteiger partial charge in [-0.1, -0.05) is 18.2 Å². The summed E-state index contributed by atoms with van der Waals surface area (Å²) in [7, 11) is 0. The van der Waals surface area contributed by atoms with Gasteiger partial charge in [-0.2, -0.15) is 5.10 Å². The van der Waals surface area contributed by atoms with E-state index in [1.807, 2.05) is 48.0 Å². The molecule has 3 rings (SSSR count). The predicted molar refractivity (Wildman–Crippen MR) is 82.3 cm³/mol. The minimum absolute atomic E-state index is 0.272. The van der Waals surface area contributed by atoms with Crippen LogP contribution in [0.4, 0.5) is 0 Å². The first-order chi connectivity index (χ1) is 10.6. The molecule has 2 heterocycles. The van der Waals surface area contributed by atoms with Crippen LogP contribution in [0.2, 0.25) is 0 Å². The summed E-state index contributed by atoms with van der Waals surface area (Å²) in [5.74, 6) is -0.945. The summed E-state index contributed by atoms with van der Waals surface area (Å²) < 4.78 is 1.84. The van der Waals surface area contributed by atoms with Gasteiger partial charge in [0, 0.05) is 24.5 Å². The summed E-state index contributed by atoms with van der Waals surface area (Å²) in [6.45, 7) is 1.92. The molecule has 2 aromatic heterocycles. The maximum atomic E-state index is 11.3. The van der Waals surface area contributed by atoms with Gasteiger partial charge in [-0.3, -0.25) is 4.98 Å². The van der Waals surface area contributed by atoms with Crippen molar-refractivity contribution in [1.82, 2.24) is 14.8 Å². The second-order valence-corrected chi connectivity index (χ2v) is 5.04. The fourth-order valence-electron chi connectivity index (χ4n) is 2.44. The van der Waals surface area contributed by atoms with E-state index < -0.39 is 5.97 Å². The van der Waals surface area contributed by atoms with Crippen LogP contribution >= 0.6 is 0 Å². The number of hydrogen-bond acceptors (Lipinski definition) is 3. The molecule has 0 fully saturated rings. The normalized spacial score (nSPS) is 10.6. The van der Waals surface area contributed by atoms with Crippen LogP contribution in [0.5, 0.6) is 0 Å². The molecular formula is C17H15N3O2. The highest BCUT2D eigenvalue weighted by Crippen LogP contribution is 2.18. The summed E-state index contributed by atoms with van der Waals surface area (Å²) in [6.07, 6.45) is 3.55. The zero-order valence-corrected chi connectivity index (χ0v) is 12.1. The van der Waals surface area contributed by atoms with Gasteiger partial charge in [0.1, 0.15) is 0 Å². The van der Waals surface area contributed by atoms with E-state index in [4.69, 9.17) is 0 Å². The molecule has 0 saturated heterocycles. The summed E-state index contributed by atoms with van der Waals surface area (Å²) in [5, 5.41) is 13.8. The van der Waals surface area contributed by atoms with E-state index in [2.05, 4.69) is 10.1 Å². The van der Waals surface area contributed by atoms with Gasteiger partial charge >= 0.3 is 5.97 Å². The van der Waals surface area contributed by atoms with Crippen molar-refractivity contribution >= 4 is 5.97 Å².